The molecule has 0 fully saturated rings. The minimum absolute atomic E-state index is 0.0591. The Balaban J connectivity index is 2.31. The normalized spacial score (nSPS) is 11.2. The van der Waals surface area contributed by atoms with E-state index < -0.39 is 10.0 Å². The fourth-order valence-corrected chi connectivity index (χ4v) is 3.29. The number of nitrogens with one attached hydrogen (secondary N) is 1. The summed E-state index contributed by atoms with van der Waals surface area (Å²) in [6.45, 7) is 0. The lowest BCUT2D eigenvalue weighted by Gasteiger charge is -2.08. The molecule has 0 spiro atoms. The van der Waals surface area contributed by atoms with E-state index in [9.17, 15) is 13.7 Å². The molecule has 0 aliphatic heterocycles. The second kappa shape index (κ2) is 6.09. The van der Waals surface area contributed by atoms with Crippen LogP contribution in [0.25, 0.3) is 22.4 Å². The lowest BCUT2D eigenvalue weighted by Crippen LogP contribution is -2.13. The van der Waals surface area contributed by atoms with Crippen molar-refractivity contribution in [2.45, 2.75) is 4.90 Å². The van der Waals surface area contributed by atoms with Crippen LogP contribution in [-0.4, -0.2) is 18.6 Å². The zero-order valence-corrected chi connectivity index (χ0v) is 13.8. The van der Waals surface area contributed by atoms with Crippen LogP contribution in [0.5, 0.6) is 0 Å². The third kappa shape index (κ3) is 2.90. The van der Waals surface area contributed by atoms with E-state index >= 15 is 0 Å². The summed E-state index contributed by atoms with van der Waals surface area (Å²) in [5.74, 6) is 0. The second-order valence-electron chi connectivity index (χ2n) is 4.98. The minimum Gasteiger partial charge on any atom is -0.267 e. The van der Waals surface area contributed by atoms with Crippen molar-refractivity contribution in [3.8, 4) is 28.5 Å². The first-order valence-electron chi connectivity index (χ1n) is 6.78. The molecule has 1 heterocycles. The smallest absolute Gasteiger partial charge is 0.238 e. The van der Waals surface area contributed by atoms with Crippen LogP contribution in [0.2, 0.25) is 5.02 Å². The predicted molar refractivity (Wildman–Crippen MR) is 90.6 cm³/mol. The number of nitriles is 1. The van der Waals surface area contributed by atoms with Crippen LogP contribution in [0.3, 0.4) is 0 Å². The Morgan fingerprint density at radius 3 is 2.42 bits per heavy atom. The van der Waals surface area contributed by atoms with E-state index in [1.807, 2.05) is 6.07 Å². The number of hydrogen-bond acceptors (Lipinski definition) is 4. The third-order valence-corrected chi connectivity index (χ3v) is 4.68. The van der Waals surface area contributed by atoms with Crippen molar-refractivity contribution in [1.29, 1.82) is 5.26 Å². The summed E-state index contributed by atoms with van der Waals surface area (Å²) in [6, 6.07) is 15.1. The molecule has 0 aliphatic rings. The topological polar surface area (TPSA) is 113 Å². The maximum absolute atomic E-state index is 11.9. The molecular formula is C16H11ClN4O2S. The number of nitrogens with zero attached hydrogens (tertiary/aromatic N) is 2. The third-order valence-electron chi connectivity index (χ3n) is 3.46. The Kier molecular flexibility index (Phi) is 4.11. The standard InChI is InChI=1S/C16H11ClN4O2S/c17-11-7-5-10(6-8-11)15-13(9-18)20-21-16(15)12-3-1-2-4-14(12)24(19,22)23/h1-8H,(H,20,21)(H2,19,22,23). The predicted octanol–water partition coefficient (Wildman–Crippen LogP) is 2.92. The quantitative estimate of drug-likeness (QED) is 0.749. The molecule has 3 N–H and O–H groups in total. The maximum Gasteiger partial charge on any atom is 0.238 e. The highest BCUT2D eigenvalue weighted by Gasteiger charge is 2.22. The van der Waals surface area contributed by atoms with Crippen molar-refractivity contribution >= 4 is 21.6 Å². The molecule has 0 amide bonds. The number of halogens is 1. The molecule has 0 bridgehead atoms. The van der Waals surface area contributed by atoms with Gasteiger partial charge in [-0.2, -0.15) is 10.4 Å². The summed E-state index contributed by atoms with van der Waals surface area (Å²) in [5.41, 5.74) is 2.05. The van der Waals surface area contributed by atoms with Gasteiger partial charge in [0, 0.05) is 16.1 Å². The fourth-order valence-electron chi connectivity index (χ4n) is 2.43. The highest BCUT2D eigenvalue weighted by molar-refractivity contribution is 7.89. The fraction of sp³-hybridized carbons (Fsp3) is 0. The van der Waals surface area contributed by atoms with Crippen LogP contribution in [0.4, 0.5) is 0 Å². The minimum atomic E-state index is -3.94. The Morgan fingerprint density at radius 1 is 1.12 bits per heavy atom. The van der Waals surface area contributed by atoms with E-state index in [1.54, 1.807) is 42.5 Å². The van der Waals surface area contributed by atoms with Gasteiger partial charge in [-0.1, -0.05) is 41.9 Å². The molecule has 0 aliphatic carbocycles. The van der Waals surface area contributed by atoms with Gasteiger partial charge in [-0.05, 0) is 23.8 Å². The van der Waals surface area contributed by atoms with Gasteiger partial charge in [0.1, 0.15) is 17.5 Å². The lowest BCUT2D eigenvalue weighted by atomic mass is 9.99. The number of benzene rings is 2. The van der Waals surface area contributed by atoms with Crippen molar-refractivity contribution in [2.24, 2.45) is 5.14 Å². The van der Waals surface area contributed by atoms with Crippen molar-refractivity contribution in [1.82, 2.24) is 10.2 Å². The van der Waals surface area contributed by atoms with Crippen molar-refractivity contribution in [3.05, 3.63) is 59.2 Å². The molecule has 0 saturated heterocycles. The molecule has 24 heavy (non-hydrogen) atoms. The SMILES string of the molecule is N#Cc1[nH]nc(-c2ccccc2S(N)(=O)=O)c1-c1ccc(Cl)cc1. The molecule has 1 aromatic heterocycles. The summed E-state index contributed by atoms with van der Waals surface area (Å²) in [6.07, 6.45) is 0. The Labute approximate surface area is 143 Å². The van der Waals surface area contributed by atoms with E-state index in [2.05, 4.69) is 10.2 Å². The van der Waals surface area contributed by atoms with Gasteiger partial charge in [-0.3, -0.25) is 5.10 Å². The zero-order chi connectivity index (χ0) is 17.3. The molecule has 3 rings (SSSR count). The van der Waals surface area contributed by atoms with E-state index in [4.69, 9.17) is 16.7 Å². The van der Waals surface area contributed by atoms with Gasteiger partial charge in [0.25, 0.3) is 0 Å². The van der Waals surface area contributed by atoms with Gasteiger partial charge >= 0.3 is 0 Å². The number of aromatic amines is 1. The second-order valence-corrected chi connectivity index (χ2v) is 6.95. The van der Waals surface area contributed by atoms with Crippen molar-refractivity contribution in [3.63, 3.8) is 0 Å². The van der Waals surface area contributed by atoms with E-state index in [1.165, 1.54) is 6.07 Å². The first-order valence-corrected chi connectivity index (χ1v) is 8.71. The number of aromatic nitrogens is 2. The number of primary sulfonamides is 1. The van der Waals surface area contributed by atoms with Crippen molar-refractivity contribution in [2.75, 3.05) is 0 Å². The molecular weight excluding hydrogens is 348 g/mol. The molecule has 3 aromatic rings. The van der Waals surface area contributed by atoms with E-state index in [-0.39, 0.29) is 10.6 Å². The van der Waals surface area contributed by atoms with Gasteiger partial charge in [-0.15, -0.1) is 0 Å². The summed E-state index contributed by atoms with van der Waals surface area (Å²) in [7, 11) is -3.94. The van der Waals surface area contributed by atoms with Crippen LogP contribution in [0.15, 0.2) is 53.4 Å². The molecule has 2 aromatic carbocycles. The molecule has 0 saturated carbocycles. The van der Waals surface area contributed by atoms with Gasteiger partial charge in [0.15, 0.2) is 0 Å². The van der Waals surface area contributed by atoms with Crippen LogP contribution in [0, 0.1) is 11.3 Å². The number of rotatable bonds is 3. The van der Waals surface area contributed by atoms with Crippen LogP contribution in [-0.2, 0) is 10.0 Å². The highest BCUT2D eigenvalue weighted by atomic mass is 35.5. The molecule has 0 atom stereocenters. The van der Waals surface area contributed by atoms with Crippen molar-refractivity contribution < 1.29 is 8.42 Å². The maximum atomic E-state index is 11.9. The average molecular weight is 359 g/mol. The molecule has 8 heteroatoms. The van der Waals surface area contributed by atoms with Crippen LogP contribution < -0.4 is 5.14 Å². The number of H-pyrrole nitrogens is 1. The van der Waals surface area contributed by atoms with Gasteiger partial charge in [0.2, 0.25) is 10.0 Å². The van der Waals surface area contributed by atoms with Gasteiger partial charge in [-0.25, -0.2) is 13.6 Å². The zero-order valence-electron chi connectivity index (χ0n) is 12.2. The summed E-state index contributed by atoms with van der Waals surface area (Å²) < 4.78 is 23.7. The summed E-state index contributed by atoms with van der Waals surface area (Å²) >= 11 is 5.90. The highest BCUT2D eigenvalue weighted by Crippen LogP contribution is 2.36. The average Bonchev–Trinajstić information content (AvgIpc) is 2.98. The number of hydrogen-bond donors (Lipinski definition) is 2. The Hall–Kier alpha value is -2.66. The monoisotopic (exact) mass is 358 g/mol. The van der Waals surface area contributed by atoms with E-state index in [0.29, 0.717) is 27.4 Å². The number of sulfonamides is 1. The molecule has 0 radical (unpaired) electrons. The Bertz CT molecular complexity index is 1050. The first-order chi connectivity index (χ1) is 11.4. The first kappa shape index (κ1) is 16.2. The van der Waals surface area contributed by atoms with Gasteiger partial charge < -0.3 is 0 Å². The van der Waals surface area contributed by atoms with Crippen LogP contribution in [0.1, 0.15) is 5.69 Å². The number of nitrogens with two attached hydrogens (primary N) is 1. The van der Waals surface area contributed by atoms with E-state index in [0.717, 1.165) is 0 Å². The Morgan fingerprint density at radius 2 is 1.79 bits per heavy atom. The summed E-state index contributed by atoms with van der Waals surface area (Å²) in [4.78, 5) is -0.0591. The summed E-state index contributed by atoms with van der Waals surface area (Å²) in [5, 5.41) is 21.9. The van der Waals surface area contributed by atoms with Gasteiger partial charge in [0.05, 0.1) is 4.90 Å². The molecule has 120 valence electrons. The lowest BCUT2D eigenvalue weighted by molar-refractivity contribution is 0.598. The molecule has 6 nitrogen and oxygen atoms in total. The molecule has 0 unspecified atom stereocenters. The largest absolute Gasteiger partial charge is 0.267 e. The van der Waals surface area contributed by atoms with Crippen LogP contribution >= 0.6 is 11.6 Å².